The third-order valence-electron chi connectivity index (χ3n) is 3.84. The summed E-state index contributed by atoms with van der Waals surface area (Å²) in [5.41, 5.74) is 1.88. The molecular formula is C20H26CuN2O6+2. The fourth-order valence-electron chi connectivity index (χ4n) is 1.94. The fraction of sp³-hybridized carbons (Fsp3) is 0.300. The maximum atomic E-state index is 10.5. The van der Waals surface area contributed by atoms with Crippen molar-refractivity contribution in [2.24, 2.45) is 0 Å². The summed E-state index contributed by atoms with van der Waals surface area (Å²) in [5.74, 6) is -1.33. The van der Waals surface area contributed by atoms with E-state index >= 15 is 0 Å². The smallest absolute Gasteiger partial charge is 0.508 e. The molecule has 0 heterocycles. The molecule has 0 aliphatic heterocycles. The molecule has 2 aromatic rings. The quantitative estimate of drug-likeness (QED) is 0.333. The molecule has 0 saturated heterocycles. The van der Waals surface area contributed by atoms with E-state index in [1.165, 1.54) is 0 Å². The number of nitrogens with one attached hydrogen (secondary N) is 2. The predicted octanol–water partition coefficient (Wildman–Crippen LogP) is 1.91. The van der Waals surface area contributed by atoms with Crippen LogP contribution >= 0.6 is 0 Å². The van der Waals surface area contributed by atoms with Crippen molar-refractivity contribution in [2.75, 3.05) is 0 Å². The van der Waals surface area contributed by atoms with E-state index < -0.39 is 24.0 Å². The van der Waals surface area contributed by atoms with Crippen molar-refractivity contribution in [1.82, 2.24) is 10.6 Å². The van der Waals surface area contributed by atoms with Crippen LogP contribution in [-0.2, 0) is 39.7 Å². The maximum absolute atomic E-state index is 10.5. The molecule has 0 aliphatic rings. The largest absolute Gasteiger partial charge is 2.00 e. The Morgan fingerprint density at radius 1 is 0.724 bits per heavy atom. The summed E-state index contributed by atoms with van der Waals surface area (Å²) in [5, 5.41) is 40.9. The molecule has 2 unspecified atom stereocenters. The van der Waals surface area contributed by atoms with E-state index in [-0.39, 0.29) is 28.6 Å². The number of phenolic OH excluding ortho intramolecular Hbond substituents is 2. The molecule has 2 aromatic carbocycles. The van der Waals surface area contributed by atoms with Crippen molar-refractivity contribution in [2.45, 2.75) is 39.0 Å². The van der Waals surface area contributed by atoms with Gasteiger partial charge in [-0.05, 0) is 49.2 Å². The van der Waals surface area contributed by atoms with Gasteiger partial charge in [0.05, 0.1) is 0 Å². The summed E-state index contributed by atoms with van der Waals surface area (Å²) in [6.07, 6.45) is 0. The molecule has 0 amide bonds. The first-order valence-electron chi connectivity index (χ1n) is 8.67. The van der Waals surface area contributed by atoms with Gasteiger partial charge in [0.2, 0.25) is 0 Å². The van der Waals surface area contributed by atoms with Gasteiger partial charge in [-0.25, -0.2) is 0 Å². The molecule has 29 heavy (non-hydrogen) atoms. The van der Waals surface area contributed by atoms with E-state index in [4.69, 9.17) is 20.4 Å². The molecule has 0 spiro atoms. The molecule has 0 saturated carbocycles. The number of carboxylic acids is 2. The van der Waals surface area contributed by atoms with Crippen LogP contribution in [0.15, 0.2) is 48.5 Å². The van der Waals surface area contributed by atoms with Crippen LogP contribution in [0.5, 0.6) is 11.5 Å². The van der Waals surface area contributed by atoms with Crippen molar-refractivity contribution in [3.05, 3.63) is 59.7 Å². The molecular weight excluding hydrogens is 428 g/mol. The van der Waals surface area contributed by atoms with Crippen molar-refractivity contribution in [1.29, 1.82) is 0 Å². The van der Waals surface area contributed by atoms with Gasteiger partial charge in [-0.2, -0.15) is 0 Å². The van der Waals surface area contributed by atoms with Gasteiger partial charge in [-0.15, -0.1) is 0 Å². The van der Waals surface area contributed by atoms with Crippen LogP contribution in [0.2, 0.25) is 0 Å². The van der Waals surface area contributed by atoms with Gasteiger partial charge in [0.1, 0.15) is 23.6 Å². The first-order valence-corrected chi connectivity index (χ1v) is 8.67. The Labute approximate surface area is 180 Å². The molecule has 0 aliphatic carbocycles. The van der Waals surface area contributed by atoms with Crippen molar-refractivity contribution in [3.8, 4) is 11.5 Å². The third kappa shape index (κ3) is 11.1. The van der Waals surface area contributed by atoms with E-state index in [0.717, 1.165) is 11.1 Å². The minimum atomic E-state index is -0.872. The second-order valence-electron chi connectivity index (χ2n) is 6.21. The van der Waals surface area contributed by atoms with E-state index in [2.05, 4.69) is 10.6 Å². The molecule has 1 radical (unpaired) electrons. The number of phenols is 2. The number of benzene rings is 2. The molecule has 0 aromatic heterocycles. The van der Waals surface area contributed by atoms with Crippen LogP contribution in [-0.4, -0.2) is 44.4 Å². The monoisotopic (exact) mass is 453 g/mol. The number of hydrogen-bond acceptors (Lipinski definition) is 6. The van der Waals surface area contributed by atoms with E-state index in [1.54, 1.807) is 62.4 Å². The van der Waals surface area contributed by atoms with Gasteiger partial charge in [-0.1, -0.05) is 24.3 Å². The summed E-state index contributed by atoms with van der Waals surface area (Å²) in [6.45, 7) is 4.13. The second-order valence-corrected chi connectivity index (χ2v) is 6.21. The maximum Gasteiger partial charge on any atom is 2.00 e. The first-order chi connectivity index (χ1) is 13.2. The fourth-order valence-corrected chi connectivity index (χ4v) is 1.94. The van der Waals surface area contributed by atoms with Gasteiger partial charge >= 0.3 is 29.0 Å². The van der Waals surface area contributed by atoms with Gasteiger partial charge < -0.3 is 31.1 Å². The van der Waals surface area contributed by atoms with Crippen molar-refractivity contribution in [3.63, 3.8) is 0 Å². The van der Waals surface area contributed by atoms with Crippen molar-refractivity contribution < 1.29 is 47.1 Å². The molecule has 6 N–H and O–H groups in total. The van der Waals surface area contributed by atoms with E-state index in [1.807, 2.05) is 0 Å². The Kier molecular flexibility index (Phi) is 12.4. The number of aromatic hydroxyl groups is 2. The Bertz CT molecular complexity index is 687. The molecule has 2 rings (SSSR count). The Balaban J connectivity index is 0.000000523. The van der Waals surface area contributed by atoms with Crippen LogP contribution in [0, 0.1) is 0 Å². The SMILES string of the molecule is CC(NCc1ccc(O)cc1)C(=O)O.CC(NCc1ccc(O)cc1)C(=O)O.[Cu+2]. The molecule has 2 atom stereocenters. The number of aliphatic carboxylic acids is 2. The van der Waals surface area contributed by atoms with Crippen LogP contribution in [0.4, 0.5) is 0 Å². The van der Waals surface area contributed by atoms with Gasteiger partial charge in [0.15, 0.2) is 0 Å². The van der Waals surface area contributed by atoms with Crippen LogP contribution in [0.1, 0.15) is 25.0 Å². The normalized spacial score (nSPS) is 11.9. The summed E-state index contributed by atoms with van der Waals surface area (Å²) < 4.78 is 0. The predicted molar refractivity (Wildman–Crippen MR) is 104 cm³/mol. The zero-order valence-electron chi connectivity index (χ0n) is 16.1. The minimum Gasteiger partial charge on any atom is -0.508 e. The van der Waals surface area contributed by atoms with Gasteiger partial charge in [0.25, 0.3) is 0 Å². The zero-order valence-corrected chi connectivity index (χ0v) is 17.0. The van der Waals surface area contributed by atoms with E-state index in [9.17, 15) is 9.59 Å². The Morgan fingerprint density at radius 3 is 1.24 bits per heavy atom. The summed E-state index contributed by atoms with van der Waals surface area (Å²) in [4.78, 5) is 20.9. The third-order valence-corrected chi connectivity index (χ3v) is 3.84. The Morgan fingerprint density at radius 2 is 1.00 bits per heavy atom. The number of carbonyl (C=O) groups is 2. The number of hydrogen-bond donors (Lipinski definition) is 6. The summed E-state index contributed by atoms with van der Waals surface area (Å²) in [6, 6.07) is 12.1. The van der Waals surface area contributed by atoms with Crippen LogP contribution in [0.25, 0.3) is 0 Å². The average Bonchev–Trinajstić information content (AvgIpc) is 2.67. The van der Waals surface area contributed by atoms with Gasteiger partial charge in [-0.3, -0.25) is 9.59 Å². The molecule has 161 valence electrons. The topological polar surface area (TPSA) is 139 Å². The molecule has 9 heteroatoms. The van der Waals surface area contributed by atoms with Gasteiger partial charge in [0, 0.05) is 13.1 Å². The second kappa shape index (κ2) is 13.6. The van der Waals surface area contributed by atoms with Crippen LogP contribution < -0.4 is 10.6 Å². The number of rotatable bonds is 8. The molecule has 0 bridgehead atoms. The summed E-state index contributed by atoms with van der Waals surface area (Å²) in [7, 11) is 0. The molecule has 0 fully saturated rings. The average molecular weight is 454 g/mol. The van der Waals surface area contributed by atoms with Crippen molar-refractivity contribution >= 4 is 11.9 Å². The zero-order chi connectivity index (χ0) is 21.1. The minimum absolute atomic E-state index is 0. The van der Waals surface area contributed by atoms with Crippen LogP contribution in [0.3, 0.4) is 0 Å². The standard InChI is InChI=1S/2C10H13NO3.Cu/c2*1-7(10(13)14)11-6-8-2-4-9(12)5-3-8;/h2*2-5,7,11-12H,6H2,1H3,(H,13,14);/q;;+2. The van der Waals surface area contributed by atoms with E-state index in [0.29, 0.717) is 13.1 Å². The molecule has 8 nitrogen and oxygen atoms in total. The summed E-state index contributed by atoms with van der Waals surface area (Å²) >= 11 is 0. The Hall–Kier alpha value is -2.58. The number of carboxylic acid groups (broad SMARTS) is 2. The first kappa shape index (κ1) is 26.4.